The van der Waals surface area contributed by atoms with Crippen molar-refractivity contribution in [2.75, 3.05) is 0 Å². The van der Waals surface area contributed by atoms with Crippen molar-refractivity contribution < 1.29 is 13.2 Å². The maximum absolute atomic E-state index is 12.6. The Morgan fingerprint density at radius 1 is 0.909 bits per heavy atom. The summed E-state index contributed by atoms with van der Waals surface area (Å²) in [6.07, 6.45) is -2.28. The van der Waals surface area contributed by atoms with E-state index in [0.717, 1.165) is 17.7 Å². The first-order valence-corrected chi connectivity index (χ1v) is 10.1. The van der Waals surface area contributed by atoms with E-state index in [1.54, 1.807) is 0 Å². The molecule has 0 heterocycles. The van der Waals surface area contributed by atoms with E-state index in [1.165, 1.54) is 22.5 Å². The average molecular weight is 320 g/mol. The largest absolute Gasteiger partial charge is 0.416 e. The maximum atomic E-state index is 12.6. The van der Waals surface area contributed by atoms with Crippen LogP contribution in [0.3, 0.4) is 0 Å². The molecule has 0 unspecified atom stereocenters. The van der Waals surface area contributed by atoms with E-state index < -0.39 is 19.8 Å². The number of rotatable bonds is 3. The van der Waals surface area contributed by atoms with Crippen LogP contribution in [0.1, 0.15) is 18.1 Å². The molecule has 0 radical (unpaired) electrons. The molecule has 0 aliphatic rings. The van der Waals surface area contributed by atoms with Crippen LogP contribution in [0.2, 0.25) is 13.1 Å². The molecule has 116 valence electrons. The lowest BCUT2D eigenvalue weighted by molar-refractivity contribution is -0.137. The minimum absolute atomic E-state index is 0.609. The summed E-state index contributed by atoms with van der Waals surface area (Å²) in [7, 11) is -1.78. The molecule has 22 heavy (non-hydrogen) atoms. The van der Waals surface area contributed by atoms with Crippen molar-refractivity contribution in [2.24, 2.45) is 0 Å². The van der Waals surface area contributed by atoms with Gasteiger partial charge in [0, 0.05) is 0 Å². The fourth-order valence-electron chi connectivity index (χ4n) is 2.28. The van der Waals surface area contributed by atoms with Gasteiger partial charge >= 0.3 is 6.18 Å². The van der Waals surface area contributed by atoms with E-state index in [0.29, 0.717) is 0 Å². The van der Waals surface area contributed by atoms with Crippen molar-refractivity contribution in [3.05, 3.63) is 70.9 Å². The van der Waals surface area contributed by atoms with Gasteiger partial charge < -0.3 is 0 Å². The van der Waals surface area contributed by atoms with Crippen LogP contribution in [0.25, 0.3) is 6.08 Å². The SMILES string of the molecule is C/C(=C/c1ccc(C(F)(F)F)cc1)[Si](C)(C)c1ccccc1. The van der Waals surface area contributed by atoms with Crippen LogP contribution in [0, 0.1) is 0 Å². The molecule has 0 bridgehead atoms. The summed E-state index contributed by atoms with van der Waals surface area (Å²) in [4.78, 5) is 0. The summed E-state index contributed by atoms with van der Waals surface area (Å²) in [5, 5.41) is 2.55. The second kappa shape index (κ2) is 6.13. The van der Waals surface area contributed by atoms with Crippen LogP contribution in [-0.4, -0.2) is 8.07 Å². The molecule has 2 aromatic carbocycles. The van der Waals surface area contributed by atoms with Crippen molar-refractivity contribution >= 4 is 19.3 Å². The molecule has 0 saturated carbocycles. The van der Waals surface area contributed by atoms with Crippen LogP contribution in [-0.2, 0) is 6.18 Å². The summed E-state index contributed by atoms with van der Waals surface area (Å²) in [5.41, 5.74) is 0.198. The topological polar surface area (TPSA) is 0 Å². The van der Waals surface area contributed by atoms with Crippen LogP contribution in [0.4, 0.5) is 13.2 Å². The Hall–Kier alpha value is -1.81. The molecule has 0 spiro atoms. The number of hydrogen-bond donors (Lipinski definition) is 0. The predicted octanol–water partition coefficient (Wildman–Crippen LogP) is 5.26. The van der Waals surface area contributed by atoms with Crippen molar-refractivity contribution in [1.82, 2.24) is 0 Å². The second-order valence-electron chi connectivity index (χ2n) is 5.94. The minimum atomic E-state index is -4.28. The van der Waals surface area contributed by atoms with Gasteiger partial charge in [-0.25, -0.2) is 0 Å². The zero-order valence-electron chi connectivity index (χ0n) is 12.9. The van der Waals surface area contributed by atoms with Crippen molar-refractivity contribution in [3.8, 4) is 0 Å². The van der Waals surface area contributed by atoms with Gasteiger partial charge in [0.2, 0.25) is 0 Å². The van der Waals surface area contributed by atoms with E-state index in [2.05, 4.69) is 32.2 Å². The van der Waals surface area contributed by atoms with Crippen LogP contribution >= 0.6 is 0 Å². The van der Waals surface area contributed by atoms with Gasteiger partial charge in [-0.1, -0.05) is 72.0 Å². The number of halogens is 3. The zero-order chi connectivity index (χ0) is 16.4. The molecule has 0 atom stereocenters. The average Bonchev–Trinajstić information content (AvgIpc) is 2.47. The van der Waals surface area contributed by atoms with Gasteiger partial charge in [-0.15, -0.1) is 0 Å². The predicted molar refractivity (Wildman–Crippen MR) is 88.7 cm³/mol. The highest BCUT2D eigenvalue weighted by molar-refractivity contribution is 6.96. The molecule has 0 nitrogen and oxygen atoms in total. The lowest BCUT2D eigenvalue weighted by atomic mass is 10.1. The van der Waals surface area contributed by atoms with Gasteiger partial charge in [0.05, 0.1) is 5.56 Å². The van der Waals surface area contributed by atoms with Gasteiger partial charge in [0.15, 0.2) is 0 Å². The Kier molecular flexibility index (Phi) is 4.61. The van der Waals surface area contributed by atoms with Crippen molar-refractivity contribution in [3.63, 3.8) is 0 Å². The third-order valence-electron chi connectivity index (χ3n) is 4.10. The Labute approximate surface area is 130 Å². The monoisotopic (exact) mass is 320 g/mol. The number of allylic oxidation sites excluding steroid dienone is 1. The highest BCUT2D eigenvalue weighted by Crippen LogP contribution is 2.29. The third kappa shape index (κ3) is 3.68. The third-order valence-corrected chi connectivity index (χ3v) is 8.00. The Morgan fingerprint density at radius 3 is 1.95 bits per heavy atom. The van der Waals surface area contributed by atoms with Crippen LogP contribution < -0.4 is 5.19 Å². The molecule has 0 aromatic heterocycles. The smallest absolute Gasteiger partial charge is 0.166 e. The summed E-state index contributed by atoms with van der Waals surface area (Å²) in [5.74, 6) is 0. The number of hydrogen-bond acceptors (Lipinski definition) is 0. The number of alkyl halides is 3. The fraction of sp³-hybridized carbons (Fsp3) is 0.222. The summed E-state index contributed by atoms with van der Waals surface area (Å²) < 4.78 is 37.8. The summed E-state index contributed by atoms with van der Waals surface area (Å²) in [6.45, 7) is 6.56. The first kappa shape index (κ1) is 16.6. The van der Waals surface area contributed by atoms with Gasteiger partial charge in [-0.2, -0.15) is 13.2 Å². The van der Waals surface area contributed by atoms with Gasteiger partial charge in [-0.3, -0.25) is 0 Å². The number of benzene rings is 2. The normalized spacial score (nSPS) is 13.3. The molecule has 0 N–H and O–H groups in total. The first-order chi connectivity index (χ1) is 10.2. The van der Waals surface area contributed by atoms with E-state index in [-0.39, 0.29) is 0 Å². The molecule has 2 aromatic rings. The standard InChI is InChI=1S/C18H19F3Si/c1-14(22(2,3)17-7-5-4-6-8-17)13-15-9-11-16(12-10-15)18(19,20)21/h4-13H,1-3H3/b14-13-. The lowest BCUT2D eigenvalue weighted by Crippen LogP contribution is -2.42. The molecule has 0 saturated heterocycles. The summed E-state index contributed by atoms with van der Waals surface area (Å²) in [6, 6.07) is 15.6. The Balaban J connectivity index is 2.29. The fourth-order valence-corrected chi connectivity index (χ4v) is 4.29. The van der Waals surface area contributed by atoms with Crippen LogP contribution in [0.5, 0.6) is 0 Å². The van der Waals surface area contributed by atoms with Crippen molar-refractivity contribution in [2.45, 2.75) is 26.2 Å². The van der Waals surface area contributed by atoms with E-state index in [1.807, 2.05) is 24.3 Å². The Morgan fingerprint density at radius 2 is 1.45 bits per heavy atom. The van der Waals surface area contributed by atoms with Gasteiger partial charge in [-0.05, 0) is 24.6 Å². The molecule has 0 aliphatic heterocycles. The van der Waals surface area contributed by atoms with E-state index >= 15 is 0 Å². The molecule has 0 aliphatic carbocycles. The zero-order valence-corrected chi connectivity index (χ0v) is 13.9. The quantitative estimate of drug-likeness (QED) is 0.676. The van der Waals surface area contributed by atoms with Crippen LogP contribution in [0.15, 0.2) is 59.8 Å². The van der Waals surface area contributed by atoms with Gasteiger partial charge in [0.25, 0.3) is 0 Å². The molecule has 4 heteroatoms. The summed E-state index contributed by atoms with van der Waals surface area (Å²) >= 11 is 0. The highest BCUT2D eigenvalue weighted by Gasteiger charge is 2.30. The maximum Gasteiger partial charge on any atom is 0.416 e. The van der Waals surface area contributed by atoms with E-state index in [9.17, 15) is 13.2 Å². The van der Waals surface area contributed by atoms with Gasteiger partial charge in [0.1, 0.15) is 8.07 Å². The molecule has 0 amide bonds. The second-order valence-corrected chi connectivity index (χ2v) is 10.6. The Bertz CT molecular complexity index is 653. The molecule has 0 fully saturated rings. The lowest BCUT2D eigenvalue weighted by Gasteiger charge is -2.24. The van der Waals surface area contributed by atoms with E-state index in [4.69, 9.17) is 0 Å². The molecule has 2 rings (SSSR count). The van der Waals surface area contributed by atoms with Crippen molar-refractivity contribution in [1.29, 1.82) is 0 Å². The first-order valence-electron chi connectivity index (χ1n) is 7.13. The molecular weight excluding hydrogens is 301 g/mol. The minimum Gasteiger partial charge on any atom is -0.166 e. The highest BCUT2D eigenvalue weighted by atomic mass is 28.3. The molecular formula is C18H19F3Si.